The zero-order valence-electron chi connectivity index (χ0n) is 9.14. The molecule has 0 saturated carbocycles. The highest BCUT2D eigenvalue weighted by Gasteiger charge is 2.17. The summed E-state index contributed by atoms with van der Waals surface area (Å²) in [7, 11) is 3.56. The normalized spacial score (nSPS) is 14.9. The molecule has 0 fully saturated rings. The van der Waals surface area contributed by atoms with Gasteiger partial charge in [-0.15, -0.1) is 0 Å². The van der Waals surface area contributed by atoms with Crippen LogP contribution in [-0.4, -0.2) is 25.8 Å². The molecule has 80 valence electrons. The second kappa shape index (κ2) is 3.76. The maximum atomic E-state index is 5.26. The van der Waals surface area contributed by atoms with Crippen molar-refractivity contribution in [1.29, 1.82) is 0 Å². The lowest BCUT2D eigenvalue weighted by atomic mass is 10.2. The Morgan fingerprint density at radius 3 is 2.73 bits per heavy atom. The van der Waals surface area contributed by atoms with E-state index in [9.17, 15) is 0 Å². The van der Waals surface area contributed by atoms with Gasteiger partial charge in [-0.2, -0.15) is 0 Å². The van der Waals surface area contributed by atoms with E-state index < -0.39 is 0 Å². The number of ether oxygens (including phenoxy) is 1. The second-order valence-corrected chi connectivity index (χ2v) is 3.48. The molecule has 0 unspecified atom stereocenters. The van der Waals surface area contributed by atoms with Crippen molar-refractivity contribution < 1.29 is 4.74 Å². The Balaban J connectivity index is 2.33. The third kappa shape index (κ3) is 1.72. The number of hydrogen-bond acceptors (Lipinski definition) is 5. The van der Waals surface area contributed by atoms with Crippen molar-refractivity contribution in [3.8, 4) is 5.75 Å². The van der Waals surface area contributed by atoms with Crippen LogP contribution in [0.4, 0.5) is 5.69 Å². The van der Waals surface area contributed by atoms with Crippen molar-refractivity contribution >= 4 is 5.69 Å². The number of benzene rings is 1. The van der Waals surface area contributed by atoms with Gasteiger partial charge in [0, 0.05) is 12.6 Å². The summed E-state index contributed by atoms with van der Waals surface area (Å²) in [5.74, 6) is 0.872. The van der Waals surface area contributed by atoms with Gasteiger partial charge in [0.25, 0.3) is 0 Å². The maximum Gasteiger partial charge on any atom is 0.132 e. The Labute approximate surface area is 88.9 Å². The topological polar surface area (TPSA) is 40.4 Å². The minimum atomic E-state index is 0.675. The quantitative estimate of drug-likeness (QED) is 0.743. The molecule has 15 heavy (non-hydrogen) atoms. The summed E-state index contributed by atoms with van der Waals surface area (Å²) in [6.45, 7) is 2.69. The fraction of sp³-hybridized carbons (Fsp3) is 0.400. The highest BCUT2D eigenvalue weighted by molar-refractivity contribution is 5.58. The summed E-state index contributed by atoms with van der Waals surface area (Å²) >= 11 is 0. The van der Waals surface area contributed by atoms with Gasteiger partial charge in [0.2, 0.25) is 0 Å². The third-order valence-corrected chi connectivity index (χ3v) is 2.39. The Morgan fingerprint density at radius 1 is 1.33 bits per heavy atom. The van der Waals surface area contributed by atoms with E-state index in [0.717, 1.165) is 17.0 Å². The van der Waals surface area contributed by atoms with Gasteiger partial charge in [-0.25, -0.2) is 5.01 Å². The molecule has 5 nitrogen and oxygen atoms in total. The van der Waals surface area contributed by atoms with Gasteiger partial charge in [-0.3, -0.25) is 5.01 Å². The summed E-state index contributed by atoms with van der Waals surface area (Å²) in [5.41, 5.74) is 2.11. The van der Waals surface area contributed by atoms with Crippen LogP contribution >= 0.6 is 0 Å². The molecule has 1 aromatic carbocycles. The minimum Gasteiger partial charge on any atom is -0.496 e. The third-order valence-electron chi connectivity index (χ3n) is 2.39. The van der Waals surface area contributed by atoms with Crippen molar-refractivity contribution in [1.82, 2.24) is 5.01 Å². The lowest BCUT2D eigenvalue weighted by molar-refractivity contribution is 0.389. The molecule has 0 atom stereocenters. The predicted molar refractivity (Wildman–Crippen MR) is 57.7 cm³/mol. The Bertz CT molecular complexity index is 391. The van der Waals surface area contributed by atoms with E-state index in [-0.39, 0.29) is 0 Å². The number of anilines is 1. The Kier molecular flexibility index (Phi) is 2.45. The highest BCUT2D eigenvalue weighted by Crippen LogP contribution is 2.29. The van der Waals surface area contributed by atoms with Crippen LogP contribution in [0, 0.1) is 6.92 Å². The van der Waals surface area contributed by atoms with Crippen molar-refractivity contribution in [2.75, 3.05) is 25.8 Å². The van der Waals surface area contributed by atoms with Crippen LogP contribution in [0.2, 0.25) is 0 Å². The Hall–Kier alpha value is -1.78. The summed E-state index contributed by atoms with van der Waals surface area (Å²) in [4.78, 5) is 0. The lowest BCUT2D eigenvalue weighted by Gasteiger charge is -2.17. The largest absolute Gasteiger partial charge is 0.496 e. The summed E-state index contributed by atoms with van der Waals surface area (Å²) in [6.07, 6.45) is 0. The van der Waals surface area contributed by atoms with E-state index in [0.29, 0.717) is 6.67 Å². The van der Waals surface area contributed by atoms with Gasteiger partial charge < -0.3 is 4.74 Å². The molecular weight excluding hydrogens is 192 g/mol. The van der Waals surface area contributed by atoms with E-state index >= 15 is 0 Å². The van der Waals surface area contributed by atoms with Crippen molar-refractivity contribution in [3.05, 3.63) is 23.8 Å². The average molecular weight is 206 g/mol. The van der Waals surface area contributed by atoms with Crippen LogP contribution < -0.4 is 9.75 Å². The minimum absolute atomic E-state index is 0.675. The molecule has 0 spiro atoms. The van der Waals surface area contributed by atoms with Crippen LogP contribution in [0.1, 0.15) is 5.56 Å². The molecular formula is C10H14N4O. The predicted octanol–water partition coefficient (Wildman–Crippen LogP) is 2.00. The lowest BCUT2D eigenvalue weighted by Crippen LogP contribution is -2.22. The first-order valence-corrected chi connectivity index (χ1v) is 4.76. The van der Waals surface area contributed by atoms with E-state index in [4.69, 9.17) is 4.74 Å². The molecule has 1 aliphatic rings. The second-order valence-electron chi connectivity index (χ2n) is 3.48. The molecule has 1 aromatic rings. The highest BCUT2D eigenvalue weighted by atomic mass is 16.5. The summed E-state index contributed by atoms with van der Waals surface area (Å²) in [6, 6.07) is 5.90. The number of rotatable bonds is 2. The van der Waals surface area contributed by atoms with E-state index in [1.165, 1.54) is 0 Å². The van der Waals surface area contributed by atoms with Gasteiger partial charge in [-0.05, 0) is 24.3 Å². The van der Waals surface area contributed by atoms with Gasteiger partial charge in [0.15, 0.2) is 0 Å². The first kappa shape index (κ1) is 9.76. The zero-order chi connectivity index (χ0) is 10.8. The first-order chi connectivity index (χ1) is 7.22. The fourth-order valence-electron chi connectivity index (χ4n) is 1.59. The van der Waals surface area contributed by atoms with Crippen LogP contribution in [-0.2, 0) is 0 Å². The van der Waals surface area contributed by atoms with Gasteiger partial charge >= 0.3 is 0 Å². The Morgan fingerprint density at radius 2 is 2.13 bits per heavy atom. The molecule has 0 N–H and O–H groups in total. The molecule has 0 aromatic heterocycles. The smallest absolute Gasteiger partial charge is 0.132 e. The zero-order valence-corrected chi connectivity index (χ0v) is 9.14. The maximum absolute atomic E-state index is 5.26. The van der Waals surface area contributed by atoms with Gasteiger partial charge in [0.05, 0.1) is 12.8 Å². The van der Waals surface area contributed by atoms with Crippen molar-refractivity contribution in [2.45, 2.75) is 6.92 Å². The standard InChI is InChI=1S/C10H14N4O/c1-8-9(5-4-6-10(8)15-3)14-7-13(2)11-12-14/h4-6H,7H2,1-3H3. The molecule has 1 heterocycles. The molecule has 0 bridgehead atoms. The van der Waals surface area contributed by atoms with Crippen molar-refractivity contribution in [2.24, 2.45) is 10.4 Å². The molecule has 5 heteroatoms. The van der Waals surface area contributed by atoms with Crippen LogP contribution in [0.5, 0.6) is 5.75 Å². The molecule has 0 amide bonds. The molecule has 1 aliphatic heterocycles. The van der Waals surface area contributed by atoms with Gasteiger partial charge in [0.1, 0.15) is 12.4 Å². The first-order valence-electron chi connectivity index (χ1n) is 4.76. The number of hydrogen-bond donors (Lipinski definition) is 0. The fourth-order valence-corrected chi connectivity index (χ4v) is 1.59. The van der Waals surface area contributed by atoms with Gasteiger partial charge in [-0.1, -0.05) is 11.3 Å². The van der Waals surface area contributed by atoms with Crippen LogP contribution in [0.15, 0.2) is 28.6 Å². The van der Waals surface area contributed by atoms with Crippen molar-refractivity contribution in [3.63, 3.8) is 0 Å². The average Bonchev–Trinajstić information content (AvgIpc) is 2.65. The monoisotopic (exact) mass is 206 g/mol. The van der Waals surface area contributed by atoms with E-state index in [1.54, 1.807) is 12.1 Å². The molecule has 0 saturated heterocycles. The number of nitrogens with zero attached hydrogens (tertiary/aromatic N) is 4. The summed E-state index contributed by atoms with van der Waals surface area (Å²) in [5, 5.41) is 11.6. The number of methoxy groups -OCH3 is 1. The van der Waals surface area contributed by atoms with E-state index in [1.807, 2.05) is 37.2 Å². The van der Waals surface area contributed by atoms with E-state index in [2.05, 4.69) is 10.4 Å². The molecule has 0 radical (unpaired) electrons. The summed E-state index contributed by atoms with van der Waals surface area (Å²) < 4.78 is 5.26. The van der Waals surface area contributed by atoms with Crippen LogP contribution in [0.3, 0.4) is 0 Å². The SMILES string of the molecule is COc1cccc(N2CN(C)N=N2)c1C. The molecule has 2 rings (SSSR count). The van der Waals surface area contributed by atoms with Crippen LogP contribution in [0.25, 0.3) is 0 Å². The molecule has 0 aliphatic carbocycles.